The highest BCUT2D eigenvalue weighted by atomic mass is 16.7. The van der Waals surface area contributed by atoms with Gasteiger partial charge in [-0.05, 0) is 103 Å². The predicted molar refractivity (Wildman–Crippen MR) is 219 cm³/mol. The first-order valence-corrected chi connectivity index (χ1v) is 19.8. The second-order valence-corrected chi connectivity index (χ2v) is 15.1. The van der Waals surface area contributed by atoms with Gasteiger partial charge < -0.3 is 34.5 Å². The minimum atomic E-state index is -1.50. The summed E-state index contributed by atoms with van der Waals surface area (Å²) in [6.45, 7) is 4.09. The van der Waals surface area contributed by atoms with E-state index in [9.17, 15) is 40.3 Å². The van der Waals surface area contributed by atoms with Crippen molar-refractivity contribution >= 4 is 29.1 Å². The highest BCUT2D eigenvalue weighted by Gasteiger charge is 2.65. The Balaban J connectivity index is 1.49. The van der Waals surface area contributed by atoms with Crippen molar-refractivity contribution in [1.29, 1.82) is 0 Å². The Morgan fingerprint density at radius 3 is 2.29 bits per heavy atom. The monoisotopic (exact) mass is 810 g/mol. The van der Waals surface area contributed by atoms with Crippen LogP contribution in [0.3, 0.4) is 0 Å². The summed E-state index contributed by atoms with van der Waals surface area (Å²) >= 11 is 0. The Kier molecular flexibility index (Phi) is 13.9. The Bertz CT molecular complexity index is 2080. The second-order valence-electron chi connectivity index (χ2n) is 15.1. The molecule has 3 aliphatic rings. The molecule has 1 aliphatic heterocycles. The summed E-state index contributed by atoms with van der Waals surface area (Å²) < 4.78 is 13.9. The Labute approximate surface area is 342 Å². The van der Waals surface area contributed by atoms with Gasteiger partial charge in [-0.1, -0.05) is 30.1 Å². The zero-order chi connectivity index (χ0) is 42.1. The number of likely N-dealkylation sites (N-methyl/N-ethyl adjacent to an activating group) is 1. The van der Waals surface area contributed by atoms with Gasteiger partial charge in [-0.2, -0.15) is 0 Å². The average molecular weight is 811 g/mol. The van der Waals surface area contributed by atoms with Crippen LogP contribution < -0.4 is 4.74 Å². The number of hydrogen-bond acceptors (Lipinski definition) is 12. The molecule has 6 unspecified atom stereocenters. The summed E-state index contributed by atoms with van der Waals surface area (Å²) in [5.41, 5.74) is 3.25. The van der Waals surface area contributed by atoms with Crippen LogP contribution in [0.15, 0.2) is 102 Å². The molecule has 1 amide bonds. The molecule has 2 aliphatic carbocycles. The van der Waals surface area contributed by atoms with Crippen LogP contribution in [0.1, 0.15) is 67.6 Å². The molecule has 6 atom stereocenters. The number of oxime groups is 1. The molecule has 0 spiro atoms. The van der Waals surface area contributed by atoms with Crippen molar-refractivity contribution in [3.05, 3.63) is 134 Å². The van der Waals surface area contributed by atoms with Crippen LogP contribution in [-0.4, -0.2) is 80.4 Å². The lowest BCUT2D eigenvalue weighted by Crippen LogP contribution is -2.69. The summed E-state index contributed by atoms with van der Waals surface area (Å²) in [5.74, 6) is -2.29. The Morgan fingerprint density at radius 1 is 0.983 bits per heavy atom. The van der Waals surface area contributed by atoms with Crippen molar-refractivity contribution in [2.75, 3.05) is 26.9 Å². The number of hydrogen-bond donors (Lipinski definition) is 3. The quantitative estimate of drug-likeness (QED) is 0.0362. The number of aromatic hydroxyl groups is 1. The number of rotatable bonds is 19. The van der Waals surface area contributed by atoms with Crippen molar-refractivity contribution in [1.82, 2.24) is 4.90 Å². The summed E-state index contributed by atoms with van der Waals surface area (Å²) in [6, 6.07) is 16.0. The largest absolute Gasteiger partial charge is 0.508 e. The maximum atomic E-state index is 14.2. The molecule has 0 bridgehead atoms. The first kappa shape index (κ1) is 42.7. The number of ether oxygens (including phenoxy) is 2. The smallest absolute Gasteiger partial charge is 0.269 e. The standard InChI is InChI=1S/C44H50N4O11/c1-3-24-57-44-40(46(2)41(52)21-14-29-10-15-32(16-11-29)47(53)54)27-38(45-58-28-30-12-17-33(18-13-30)48(55)56)36-25-31(8-4-6-22-49)35(9-5-7-23-50)42(43(36)44)37-26-34(51)19-20-39(37)59-44/h3,10-21,25-26,31,35,40,42-43,49-51H,1,4-9,22-24,27-28H2,2H3. The number of amides is 1. The lowest BCUT2D eigenvalue weighted by atomic mass is 9.55. The average Bonchev–Trinajstić information content (AvgIpc) is 3.23. The number of aliphatic hydroxyl groups excluding tert-OH is 2. The molecular weight excluding hydrogens is 761 g/mol. The first-order chi connectivity index (χ1) is 28.5. The molecule has 312 valence electrons. The number of phenolic OH excluding ortho intramolecular Hbond substituents is 1. The van der Waals surface area contributed by atoms with Crippen LogP contribution >= 0.6 is 0 Å². The third-order valence-corrected chi connectivity index (χ3v) is 11.5. The van der Waals surface area contributed by atoms with Crippen molar-refractivity contribution in [2.45, 2.75) is 69.3 Å². The molecule has 1 heterocycles. The maximum Gasteiger partial charge on any atom is 0.269 e. The third kappa shape index (κ3) is 9.38. The van der Waals surface area contributed by atoms with Crippen LogP contribution in [0.25, 0.3) is 6.08 Å². The minimum Gasteiger partial charge on any atom is -0.508 e. The van der Waals surface area contributed by atoms with Crippen LogP contribution in [0.5, 0.6) is 11.5 Å². The molecule has 6 rings (SSSR count). The molecule has 1 saturated carbocycles. The summed E-state index contributed by atoms with van der Waals surface area (Å²) in [5, 5.41) is 57.6. The van der Waals surface area contributed by atoms with Gasteiger partial charge in [0.05, 0.1) is 28.1 Å². The summed E-state index contributed by atoms with van der Waals surface area (Å²) in [7, 11) is 1.65. The molecular formula is C44H50N4O11. The number of fused-ring (bicyclic) bond motifs is 2. The number of phenols is 1. The predicted octanol–water partition coefficient (Wildman–Crippen LogP) is 7.21. The van der Waals surface area contributed by atoms with E-state index in [1.54, 1.807) is 66.6 Å². The van der Waals surface area contributed by atoms with E-state index in [0.717, 1.165) is 36.8 Å². The molecule has 0 aromatic heterocycles. The van der Waals surface area contributed by atoms with Crippen LogP contribution in [-0.2, 0) is 21.0 Å². The highest BCUT2D eigenvalue weighted by Crippen LogP contribution is 2.61. The fourth-order valence-electron chi connectivity index (χ4n) is 8.78. The van der Waals surface area contributed by atoms with Crippen LogP contribution in [0, 0.1) is 38.0 Å². The van der Waals surface area contributed by atoms with Gasteiger partial charge in [0.1, 0.15) is 24.1 Å². The number of allylic oxidation sites excluding steroid dienone is 1. The number of nitrogens with zero attached hydrogens (tertiary/aromatic N) is 4. The van der Waals surface area contributed by atoms with Crippen LogP contribution in [0.2, 0.25) is 0 Å². The van der Waals surface area contributed by atoms with E-state index in [0.29, 0.717) is 35.4 Å². The second kappa shape index (κ2) is 19.2. The van der Waals surface area contributed by atoms with Crippen molar-refractivity contribution in [3.63, 3.8) is 0 Å². The highest BCUT2D eigenvalue weighted by molar-refractivity contribution is 6.03. The van der Waals surface area contributed by atoms with E-state index in [1.807, 2.05) is 0 Å². The molecule has 15 heteroatoms. The number of non-ortho nitro benzene ring substituents is 2. The van der Waals surface area contributed by atoms with Gasteiger partial charge in [-0.25, -0.2) is 0 Å². The lowest BCUT2D eigenvalue weighted by Gasteiger charge is -2.59. The molecule has 59 heavy (non-hydrogen) atoms. The van der Waals surface area contributed by atoms with Gasteiger partial charge in [0.25, 0.3) is 11.4 Å². The van der Waals surface area contributed by atoms with E-state index in [2.05, 4.69) is 12.7 Å². The summed E-state index contributed by atoms with van der Waals surface area (Å²) in [6.07, 6.45) is 11.1. The maximum absolute atomic E-state index is 14.2. The fraction of sp³-hybridized carbons (Fsp3) is 0.409. The number of carbonyl (C=O) groups excluding carboxylic acids is 1. The molecule has 3 N–H and O–H groups in total. The molecule has 3 aromatic rings. The van der Waals surface area contributed by atoms with Gasteiger partial charge in [0.15, 0.2) is 0 Å². The zero-order valence-electron chi connectivity index (χ0n) is 32.9. The van der Waals surface area contributed by atoms with Crippen LogP contribution in [0.4, 0.5) is 11.4 Å². The Morgan fingerprint density at radius 2 is 1.64 bits per heavy atom. The number of nitro benzene ring substituents is 2. The number of nitro groups is 2. The molecule has 0 saturated heterocycles. The topological polar surface area (TPSA) is 207 Å². The van der Waals surface area contributed by atoms with Gasteiger partial charge in [-0.3, -0.25) is 25.0 Å². The van der Waals surface area contributed by atoms with Crippen molar-refractivity contribution in [2.24, 2.45) is 22.9 Å². The zero-order valence-corrected chi connectivity index (χ0v) is 32.9. The number of benzene rings is 3. The van der Waals surface area contributed by atoms with E-state index in [1.165, 1.54) is 30.3 Å². The van der Waals surface area contributed by atoms with E-state index < -0.39 is 33.5 Å². The SMILES string of the molecule is C=CCOC12Oc3ccc(O)cc3C3C(CCCCO)C(CCCCO)C=C(C(=NOCc4ccc([N+](=O)[O-])cc4)CC1N(C)C(=O)C=Cc1ccc([N+](=O)[O-])cc1)C32. The third-order valence-electron chi connectivity index (χ3n) is 11.5. The normalized spacial score (nSPS) is 23.7. The van der Waals surface area contributed by atoms with Crippen molar-refractivity contribution < 1.29 is 44.3 Å². The lowest BCUT2D eigenvalue weighted by molar-refractivity contribution is -0.385. The molecule has 1 fully saturated rings. The van der Waals surface area contributed by atoms with Gasteiger partial charge >= 0.3 is 0 Å². The Hall–Kier alpha value is -5.90. The molecule has 3 aromatic carbocycles. The van der Waals surface area contributed by atoms with Gasteiger partial charge in [0.2, 0.25) is 11.7 Å². The molecule has 15 nitrogen and oxygen atoms in total. The van der Waals surface area contributed by atoms with Crippen molar-refractivity contribution in [3.8, 4) is 11.5 Å². The minimum absolute atomic E-state index is 0.00923. The number of aliphatic hydroxyl groups is 2. The van der Waals surface area contributed by atoms with E-state index in [-0.39, 0.29) is 67.7 Å². The van der Waals surface area contributed by atoms with Gasteiger partial charge in [-0.15, -0.1) is 6.58 Å². The van der Waals surface area contributed by atoms with Gasteiger partial charge in [0, 0.05) is 68.5 Å². The van der Waals surface area contributed by atoms with E-state index in [4.69, 9.17) is 19.5 Å². The molecule has 0 radical (unpaired) electrons. The number of unbranched alkanes of at least 4 members (excludes halogenated alkanes) is 2. The van der Waals surface area contributed by atoms with E-state index >= 15 is 0 Å². The number of carbonyl (C=O) groups is 1. The first-order valence-electron chi connectivity index (χ1n) is 19.8. The fourth-order valence-corrected chi connectivity index (χ4v) is 8.78. The summed E-state index contributed by atoms with van der Waals surface area (Å²) in [4.78, 5) is 43.3.